The number of benzene rings is 1. The van der Waals surface area contributed by atoms with E-state index in [2.05, 4.69) is 27.9 Å². The third kappa shape index (κ3) is 3.07. The van der Waals surface area contributed by atoms with Crippen LogP contribution in [0.2, 0.25) is 0 Å². The molecular formula is C13H14INO. The minimum absolute atomic E-state index is 0.296. The van der Waals surface area contributed by atoms with Crippen molar-refractivity contribution in [2.45, 2.75) is 25.7 Å². The molecule has 1 aromatic carbocycles. The summed E-state index contributed by atoms with van der Waals surface area (Å²) >= 11 is 2.27. The first-order chi connectivity index (χ1) is 7.75. The maximum Gasteiger partial charge on any atom is 0.160 e. The molecule has 1 fully saturated rings. The van der Waals surface area contributed by atoms with Crippen LogP contribution in [0.4, 0.5) is 5.69 Å². The summed E-state index contributed by atoms with van der Waals surface area (Å²) in [7, 11) is 0. The Bertz CT molecular complexity index is 408. The zero-order chi connectivity index (χ0) is 11.4. The standard InChI is InChI=1S/C13H14INO/c14-11-5-7-12(8-6-11)15-9-10-3-1-2-4-13(10)16/h5-9,15H,1-4H2/b10-9+. The number of rotatable bonds is 2. The summed E-state index contributed by atoms with van der Waals surface area (Å²) in [4.78, 5) is 11.6. The normalized spacial score (nSPS) is 18.8. The van der Waals surface area contributed by atoms with Crippen molar-refractivity contribution in [2.24, 2.45) is 0 Å². The van der Waals surface area contributed by atoms with Crippen molar-refractivity contribution in [1.82, 2.24) is 0 Å². The van der Waals surface area contributed by atoms with Gasteiger partial charge in [0.25, 0.3) is 0 Å². The molecule has 1 aromatic rings. The van der Waals surface area contributed by atoms with E-state index in [1.165, 1.54) is 3.57 Å². The van der Waals surface area contributed by atoms with Crippen LogP contribution in [-0.4, -0.2) is 5.78 Å². The molecule has 0 heterocycles. The van der Waals surface area contributed by atoms with Crippen molar-refractivity contribution in [3.63, 3.8) is 0 Å². The first kappa shape index (κ1) is 11.6. The maximum absolute atomic E-state index is 11.6. The third-order valence-electron chi connectivity index (χ3n) is 2.72. The summed E-state index contributed by atoms with van der Waals surface area (Å²) in [5.41, 5.74) is 1.97. The van der Waals surface area contributed by atoms with Gasteiger partial charge in [0.05, 0.1) is 0 Å². The topological polar surface area (TPSA) is 29.1 Å². The van der Waals surface area contributed by atoms with E-state index in [4.69, 9.17) is 0 Å². The second-order valence-electron chi connectivity index (χ2n) is 3.95. The average Bonchev–Trinajstić information content (AvgIpc) is 2.30. The smallest absolute Gasteiger partial charge is 0.160 e. The van der Waals surface area contributed by atoms with Crippen molar-refractivity contribution >= 4 is 34.1 Å². The maximum atomic E-state index is 11.6. The lowest BCUT2D eigenvalue weighted by molar-refractivity contribution is -0.116. The van der Waals surface area contributed by atoms with E-state index in [1.54, 1.807) is 0 Å². The molecule has 84 valence electrons. The highest BCUT2D eigenvalue weighted by atomic mass is 127. The number of anilines is 1. The van der Waals surface area contributed by atoms with Crippen LogP contribution in [0, 0.1) is 3.57 Å². The Morgan fingerprint density at radius 3 is 2.50 bits per heavy atom. The number of nitrogens with one attached hydrogen (secondary N) is 1. The fourth-order valence-electron chi connectivity index (χ4n) is 1.77. The summed E-state index contributed by atoms with van der Waals surface area (Å²) in [5, 5.41) is 3.19. The first-order valence-electron chi connectivity index (χ1n) is 5.50. The fourth-order valence-corrected chi connectivity index (χ4v) is 2.13. The van der Waals surface area contributed by atoms with Gasteiger partial charge in [0.2, 0.25) is 0 Å². The van der Waals surface area contributed by atoms with Gasteiger partial charge in [0, 0.05) is 27.5 Å². The van der Waals surface area contributed by atoms with Gasteiger partial charge in [-0.1, -0.05) is 0 Å². The quantitative estimate of drug-likeness (QED) is 0.662. The molecule has 3 heteroatoms. The Kier molecular flexibility index (Phi) is 3.98. The van der Waals surface area contributed by atoms with E-state index in [1.807, 2.05) is 30.5 Å². The predicted octanol–water partition coefficient (Wildman–Crippen LogP) is 3.73. The summed E-state index contributed by atoms with van der Waals surface area (Å²) in [6.07, 6.45) is 5.66. The van der Waals surface area contributed by atoms with Gasteiger partial charge in [-0.3, -0.25) is 4.79 Å². The Balaban J connectivity index is 2.02. The van der Waals surface area contributed by atoms with E-state index in [0.717, 1.165) is 30.5 Å². The van der Waals surface area contributed by atoms with Crippen LogP contribution >= 0.6 is 22.6 Å². The molecule has 1 N–H and O–H groups in total. The van der Waals surface area contributed by atoms with Gasteiger partial charge in [0.1, 0.15) is 0 Å². The lowest BCUT2D eigenvalue weighted by Gasteiger charge is -2.12. The molecule has 0 atom stereocenters. The lowest BCUT2D eigenvalue weighted by Crippen LogP contribution is -2.09. The first-order valence-corrected chi connectivity index (χ1v) is 6.58. The van der Waals surface area contributed by atoms with Crippen LogP contribution in [0.15, 0.2) is 36.0 Å². The Labute approximate surface area is 109 Å². The van der Waals surface area contributed by atoms with Crippen molar-refractivity contribution in [3.8, 4) is 0 Å². The Hall–Kier alpha value is -0.840. The van der Waals surface area contributed by atoms with E-state index < -0.39 is 0 Å². The number of hydrogen-bond acceptors (Lipinski definition) is 2. The largest absolute Gasteiger partial charge is 0.361 e. The zero-order valence-electron chi connectivity index (χ0n) is 9.00. The van der Waals surface area contributed by atoms with Crippen LogP contribution < -0.4 is 5.32 Å². The molecular weight excluding hydrogens is 313 g/mol. The molecule has 2 rings (SSSR count). The zero-order valence-corrected chi connectivity index (χ0v) is 11.2. The summed E-state index contributed by atoms with van der Waals surface area (Å²) in [5.74, 6) is 0.296. The SMILES string of the molecule is O=C1CCCC/C1=C\Nc1ccc(I)cc1. The van der Waals surface area contributed by atoms with E-state index >= 15 is 0 Å². The Morgan fingerprint density at radius 2 is 1.81 bits per heavy atom. The molecule has 16 heavy (non-hydrogen) atoms. The van der Waals surface area contributed by atoms with Gasteiger partial charge >= 0.3 is 0 Å². The van der Waals surface area contributed by atoms with Gasteiger partial charge in [-0.15, -0.1) is 0 Å². The van der Waals surface area contributed by atoms with Crippen LogP contribution in [0.3, 0.4) is 0 Å². The number of carbonyl (C=O) groups is 1. The number of Topliss-reactive ketones (excluding diaryl/α,β-unsaturated/α-hetero) is 1. The molecule has 0 saturated heterocycles. The molecule has 0 bridgehead atoms. The van der Waals surface area contributed by atoms with E-state index in [-0.39, 0.29) is 0 Å². The molecule has 1 aliphatic rings. The molecule has 1 aliphatic carbocycles. The van der Waals surface area contributed by atoms with E-state index in [9.17, 15) is 4.79 Å². The number of halogens is 1. The van der Waals surface area contributed by atoms with Crippen molar-refractivity contribution in [1.29, 1.82) is 0 Å². The highest BCUT2D eigenvalue weighted by Crippen LogP contribution is 2.20. The molecule has 0 radical (unpaired) electrons. The number of hydrogen-bond donors (Lipinski definition) is 1. The van der Waals surface area contributed by atoms with Crippen molar-refractivity contribution in [2.75, 3.05) is 5.32 Å². The van der Waals surface area contributed by atoms with Gasteiger partial charge < -0.3 is 5.32 Å². The summed E-state index contributed by atoms with van der Waals surface area (Å²) in [6, 6.07) is 8.13. The molecule has 0 spiro atoms. The highest BCUT2D eigenvalue weighted by Gasteiger charge is 2.14. The molecule has 0 aliphatic heterocycles. The number of ketones is 1. The predicted molar refractivity (Wildman–Crippen MR) is 74.3 cm³/mol. The molecule has 0 unspecified atom stereocenters. The van der Waals surface area contributed by atoms with Crippen LogP contribution in [0.25, 0.3) is 0 Å². The highest BCUT2D eigenvalue weighted by molar-refractivity contribution is 14.1. The molecule has 0 aromatic heterocycles. The van der Waals surface area contributed by atoms with Gasteiger partial charge in [-0.2, -0.15) is 0 Å². The minimum Gasteiger partial charge on any atom is -0.361 e. The van der Waals surface area contributed by atoms with Crippen molar-refractivity contribution < 1.29 is 4.79 Å². The van der Waals surface area contributed by atoms with Crippen LogP contribution in [0.5, 0.6) is 0 Å². The molecule has 1 saturated carbocycles. The fraction of sp³-hybridized carbons (Fsp3) is 0.308. The molecule has 0 amide bonds. The summed E-state index contributed by atoms with van der Waals surface area (Å²) in [6.45, 7) is 0. The van der Waals surface area contributed by atoms with Crippen molar-refractivity contribution in [3.05, 3.63) is 39.6 Å². The third-order valence-corrected chi connectivity index (χ3v) is 3.43. The average molecular weight is 327 g/mol. The van der Waals surface area contributed by atoms with Crippen LogP contribution in [-0.2, 0) is 4.79 Å². The second-order valence-corrected chi connectivity index (χ2v) is 5.20. The monoisotopic (exact) mass is 327 g/mol. The Morgan fingerprint density at radius 1 is 1.12 bits per heavy atom. The summed E-state index contributed by atoms with van der Waals surface area (Å²) < 4.78 is 1.21. The van der Waals surface area contributed by atoms with Gasteiger partial charge in [-0.25, -0.2) is 0 Å². The van der Waals surface area contributed by atoms with Gasteiger partial charge in [0.15, 0.2) is 5.78 Å². The van der Waals surface area contributed by atoms with Crippen LogP contribution in [0.1, 0.15) is 25.7 Å². The van der Waals surface area contributed by atoms with E-state index in [0.29, 0.717) is 12.2 Å². The second kappa shape index (κ2) is 5.48. The minimum atomic E-state index is 0.296. The van der Waals surface area contributed by atoms with Gasteiger partial charge in [-0.05, 0) is 66.1 Å². The number of carbonyl (C=O) groups excluding carboxylic acids is 1. The molecule has 2 nitrogen and oxygen atoms in total. The number of allylic oxidation sites excluding steroid dienone is 1. The lowest BCUT2D eigenvalue weighted by atomic mass is 9.94.